The number of alkyl halides is 2. The highest BCUT2D eigenvalue weighted by molar-refractivity contribution is 6.34. The van der Waals surface area contributed by atoms with Crippen LogP contribution >= 0.6 is 11.6 Å². The van der Waals surface area contributed by atoms with Gasteiger partial charge in [0.05, 0.1) is 24.7 Å². The molecule has 9 heteroatoms. The van der Waals surface area contributed by atoms with Gasteiger partial charge in [0.1, 0.15) is 11.0 Å². The Balaban J connectivity index is 1.99. The van der Waals surface area contributed by atoms with Gasteiger partial charge in [-0.05, 0) is 6.07 Å². The van der Waals surface area contributed by atoms with Crippen molar-refractivity contribution in [1.29, 1.82) is 0 Å². The first-order chi connectivity index (χ1) is 11.5. The van der Waals surface area contributed by atoms with E-state index in [2.05, 4.69) is 10.2 Å². The van der Waals surface area contributed by atoms with Crippen LogP contribution in [0.25, 0.3) is 10.9 Å². The van der Waals surface area contributed by atoms with E-state index in [9.17, 15) is 18.0 Å². The highest BCUT2D eigenvalue weighted by atomic mass is 35.5. The van der Waals surface area contributed by atoms with E-state index >= 15 is 0 Å². The van der Waals surface area contributed by atoms with Crippen LogP contribution in [-0.4, -0.2) is 26.0 Å². The number of rotatable bonds is 5. The lowest BCUT2D eigenvalue weighted by molar-refractivity contribution is 0.129. The van der Waals surface area contributed by atoms with E-state index < -0.39 is 24.2 Å². The third-order valence-corrected chi connectivity index (χ3v) is 3.92. The van der Waals surface area contributed by atoms with Gasteiger partial charge in [0.2, 0.25) is 6.43 Å². The Hall–Kier alpha value is -2.35. The molecule has 2 heterocycles. The number of aryl methyl sites for hydroxylation is 1. The summed E-state index contributed by atoms with van der Waals surface area (Å²) in [6.45, 7) is -0.180. The number of nitrogens with zero attached hydrogens (tertiary/aromatic N) is 4. The molecule has 0 spiro atoms. The molecule has 0 fully saturated rings. The Morgan fingerprint density at radius 3 is 2.67 bits per heavy atom. The smallest absolute Gasteiger partial charge is 0.265 e. The summed E-state index contributed by atoms with van der Waals surface area (Å²) in [5, 5.41) is 8.36. The summed E-state index contributed by atoms with van der Waals surface area (Å²) < 4.78 is 40.5. The lowest BCUT2D eigenvalue weighted by atomic mass is 10.2. The molecule has 0 aliphatic heterocycles. The minimum atomic E-state index is -2.53. The Kier molecular flexibility index (Phi) is 4.57. The fraction of sp³-hybridized carbons (Fsp3) is 0.267. The second-order valence-corrected chi connectivity index (χ2v) is 5.51. The Morgan fingerprint density at radius 1 is 1.21 bits per heavy atom. The molecule has 0 amide bonds. The minimum Gasteiger partial charge on any atom is -0.265 e. The highest BCUT2D eigenvalue weighted by Crippen LogP contribution is 2.21. The maximum atomic E-state index is 13.7. The predicted molar refractivity (Wildman–Crippen MR) is 82.9 cm³/mol. The summed E-state index contributed by atoms with van der Waals surface area (Å²) in [5.74, 6) is -0.416. The minimum absolute atomic E-state index is 0.0144. The molecule has 1 aromatic carbocycles. The van der Waals surface area contributed by atoms with Crippen molar-refractivity contribution in [2.24, 2.45) is 0 Å². The molecule has 0 saturated heterocycles. The van der Waals surface area contributed by atoms with Gasteiger partial charge in [-0.1, -0.05) is 29.8 Å². The molecule has 0 aliphatic carbocycles. The third kappa shape index (κ3) is 3.14. The third-order valence-electron chi connectivity index (χ3n) is 3.52. The van der Waals surface area contributed by atoms with E-state index in [0.717, 1.165) is 4.68 Å². The van der Waals surface area contributed by atoms with Gasteiger partial charge >= 0.3 is 0 Å². The maximum Gasteiger partial charge on any atom is 0.295 e. The molecule has 0 atom stereocenters. The van der Waals surface area contributed by atoms with Gasteiger partial charge in [-0.2, -0.15) is 10.2 Å². The molecule has 0 unspecified atom stereocenters. The van der Waals surface area contributed by atoms with Crippen molar-refractivity contribution in [3.8, 4) is 0 Å². The van der Waals surface area contributed by atoms with Crippen molar-refractivity contribution in [2.45, 2.75) is 25.9 Å². The van der Waals surface area contributed by atoms with Gasteiger partial charge in [-0.25, -0.2) is 22.5 Å². The van der Waals surface area contributed by atoms with Crippen LogP contribution in [-0.2, 0) is 13.1 Å². The van der Waals surface area contributed by atoms with E-state index in [1.54, 1.807) is 18.2 Å². The van der Waals surface area contributed by atoms with Crippen LogP contribution in [0.15, 0.2) is 35.3 Å². The molecule has 3 rings (SSSR count). The van der Waals surface area contributed by atoms with Gasteiger partial charge in [0, 0.05) is 12.0 Å². The van der Waals surface area contributed by atoms with E-state index in [0.29, 0.717) is 10.9 Å². The summed E-state index contributed by atoms with van der Waals surface area (Å²) >= 11 is 6.18. The fourth-order valence-electron chi connectivity index (χ4n) is 2.30. The SMILES string of the molecule is O=c1c2nn(Cc3ccccc3F)c(Cl)c2cnn1CCC(F)F. The summed E-state index contributed by atoms with van der Waals surface area (Å²) in [7, 11) is 0. The lowest BCUT2D eigenvalue weighted by Gasteiger charge is -2.04. The van der Waals surface area contributed by atoms with Crippen LogP contribution in [0, 0.1) is 5.82 Å². The van der Waals surface area contributed by atoms with Crippen LogP contribution in [0.4, 0.5) is 13.2 Å². The number of fused-ring (bicyclic) bond motifs is 1. The zero-order chi connectivity index (χ0) is 17.3. The quantitative estimate of drug-likeness (QED) is 0.706. The van der Waals surface area contributed by atoms with E-state index in [1.165, 1.54) is 16.9 Å². The predicted octanol–water partition coefficient (Wildman–Crippen LogP) is 3.09. The summed E-state index contributed by atoms with van der Waals surface area (Å²) in [4.78, 5) is 12.3. The number of halogens is 4. The van der Waals surface area contributed by atoms with Gasteiger partial charge in [0.25, 0.3) is 5.56 Å². The van der Waals surface area contributed by atoms with Crippen LogP contribution in [0.2, 0.25) is 5.15 Å². The molecule has 0 aliphatic rings. The van der Waals surface area contributed by atoms with Crippen molar-refractivity contribution in [3.05, 3.63) is 57.3 Å². The average molecular weight is 357 g/mol. The molecule has 0 bridgehead atoms. The molecular weight excluding hydrogens is 345 g/mol. The molecular formula is C15H12ClF3N4O. The fourth-order valence-corrected chi connectivity index (χ4v) is 2.54. The highest BCUT2D eigenvalue weighted by Gasteiger charge is 2.16. The largest absolute Gasteiger partial charge is 0.295 e. The molecule has 3 aromatic rings. The van der Waals surface area contributed by atoms with Crippen LogP contribution in [0.5, 0.6) is 0 Å². The molecule has 0 N–H and O–H groups in total. The second kappa shape index (κ2) is 6.64. The first kappa shape index (κ1) is 16.5. The van der Waals surface area contributed by atoms with Crippen molar-refractivity contribution in [2.75, 3.05) is 0 Å². The van der Waals surface area contributed by atoms with Crippen molar-refractivity contribution in [1.82, 2.24) is 19.6 Å². The first-order valence-corrected chi connectivity index (χ1v) is 7.49. The molecule has 2 aromatic heterocycles. The molecule has 126 valence electrons. The van der Waals surface area contributed by atoms with Crippen molar-refractivity contribution in [3.63, 3.8) is 0 Å². The number of aromatic nitrogens is 4. The topological polar surface area (TPSA) is 52.7 Å². The number of hydrogen-bond donors (Lipinski definition) is 0. The normalized spacial score (nSPS) is 11.5. The van der Waals surface area contributed by atoms with Crippen LogP contribution in [0.3, 0.4) is 0 Å². The average Bonchev–Trinajstić information content (AvgIpc) is 2.86. The first-order valence-electron chi connectivity index (χ1n) is 7.11. The van der Waals surface area contributed by atoms with Gasteiger partial charge < -0.3 is 0 Å². The van der Waals surface area contributed by atoms with Gasteiger partial charge in [0.15, 0.2) is 5.52 Å². The van der Waals surface area contributed by atoms with Gasteiger partial charge in [-0.15, -0.1) is 0 Å². The van der Waals surface area contributed by atoms with Gasteiger partial charge in [-0.3, -0.25) is 4.79 Å². The van der Waals surface area contributed by atoms with E-state index in [4.69, 9.17) is 11.6 Å². The molecule has 0 saturated carbocycles. The van der Waals surface area contributed by atoms with E-state index in [1.807, 2.05) is 0 Å². The maximum absolute atomic E-state index is 13.7. The Morgan fingerprint density at radius 2 is 1.96 bits per heavy atom. The summed E-state index contributed by atoms with van der Waals surface area (Å²) in [6, 6.07) is 6.13. The molecule has 24 heavy (non-hydrogen) atoms. The monoisotopic (exact) mass is 356 g/mol. The molecule has 5 nitrogen and oxygen atoms in total. The van der Waals surface area contributed by atoms with Crippen LogP contribution < -0.4 is 5.56 Å². The van der Waals surface area contributed by atoms with Crippen molar-refractivity contribution >= 4 is 22.5 Å². The summed E-state index contributed by atoms with van der Waals surface area (Å²) in [5.41, 5.74) is -0.235. The number of benzene rings is 1. The Bertz CT molecular complexity index is 938. The van der Waals surface area contributed by atoms with E-state index in [-0.39, 0.29) is 23.8 Å². The molecule has 0 radical (unpaired) electrons. The lowest BCUT2D eigenvalue weighted by Crippen LogP contribution is -2.24. The van der Waals surface area contributed by atoms with Crippen molar-refractivity contribution < 1.29 is 13.2 Å². The summed E-state index contributed by atoms with van der Waals surface area (Å²) in [6.07, 6.45) is -1.71. The number of hydrogen-bond acceptors (Lipinski definition) is 3. The zero-order valence-corrected chi connectivity index (χ0v) is 13.1. The standard InChI is InChI=1S/C15H12ClF3N4O/c16-14-10-7-20-22(6-5-12(18)19)15(24)13(10)21-23(14)8-9-3-1-2-4-11(9)17/h1-4,7,12H,5-6,8H2. The van der Waals surface area contributed by atoms with Crippen LogP contribution in [0.1, 0.15) is 12.0 Å². The zero-order valence-electron chi connectivity index (χ0n) is 12.3. The Labute approximate surface area is 139 Å². The second-order valence-electron chi connectivity index (χ2n) is 5.15.